The van der Waals surface area contributed by atoms with Crippen LogP contribution in [0.25, 0.3) is 0 Å². The topological polar surface area (TPSA) is 447 Å². The summed E-state index contributed by atoms with van der Waals surface area (Å²) in [4.78, 5) is 153. The molecule has 0 saturated carbocycles. The Labute approximate surface area is 473 Å². The van der Waals surface area contributed by atoms with E-state index in [2.05, 4.69) is 0 Å². The molecule has 40 heteroatoms. The molecular formula is C15H34N5Na7O21P7-3. The molecule has 26 nitrogen and oxygen atoms in total. The molecule has 0 aliphatic heterocycles. The molecule has 0 saturated heterocycles. The first-order chi connectivity index (χ1) is 21.1. The van der Waals surface area contributed by atoms with Gasteiger partial charge in [-0.25, -0.2) is 0 Å². The summed E-state index contributed by atoms with van der Waals surface area (Å²) in [7, 11) is -37.0. The minimum absolute atomic E-state index is 0. The maximum absolute atomic E-state index is 11.7. The van der Waals surface area contributed by atoms with E-state index in [1.807, 2.05) is 0 Å². The van der Waals surface area contributed by atoms with Crippen LogP contribution in [0.5, 0.6) is 0 Å². The zero-order valence-corrected chi connectivity index (χ0v) is 52.0. The zero-order chi connectivity index (χ0) is 38.0. The van der Waals surface area contributed by atoms with Gasteiger partial charge in [0.15, 0.2) is 0 Å². The Morgan fingerprint density at radius 1 is 0.273 bits per heavy atom. The maximum Gasteiger partial charge on any atom is 1.00 e. The molecular weight excluding hydrogens is 964 g/mol. The first-order valence-corrected chi connectivity index (χ1v) is 25.1. The maximum atomic E-state index is 11.7. The summed E-state index contributed by atoms with van der Waals surface area (Å²) in [5, 5.41) is 0. The second kappa shape index (κ2) is 35.9. The molecule has 290 valence electrons. The van der Waals surface area contributed by atoms with Gasteiger partial charge in [0.05, 0.1) is 0 Å². The second-order valence-corrected chi connectivity index (χ2v) is 21.3. The third-order valence-electron chi connectivity index (χ3n) is 5.56. The molecule has 0 atom stereocenters. The zero-order valence-electron chi connectivity index (χ0n) is 31.7. The Hall–Kier alpha value is 7.85. The standard InChI is InChI=1S/C15H44N5O21P7.7Na/c21-42(22,23)9-16(1-3-17(10-43(24,25)26)5-7-19(12-45(30,31)32)13-46(33,34)35)2-4-18(11-44(27,28)29)6-8-20(14-47(36,37)38)15-48(39,40)41;;;;;;;/h1-15H2,(H2,21,22,23)(H2,24,25,26)(H2,27,28,29)(H2,30,31,32)(H2,33,34,35)(H2,36,37,38)(H2,39,40,41);;;;;;;/q;7*+1/p-10. The van der Waals surface area contributed by atoms with Crippen molar-refractivity contribution in [2.75, 3.05) is 96.4 Å². The van der Waals surface area contributed by atoms with Crippen molar-refractivity contribution in [2.24, 2.45) is 0 Å². The summed E-state index contributed by atoms with van der Waals surface area (Å²) in [5.41, 5.74) is 0. The first-order valence-electron chi connectivity index (χ1n) is 12.9. The molecule has 0 amide bonds. The third-order valence-corrected chi connectivity index (χ3v) is 10.8. The number of nitrogens with zero attached hydrogens (tertiary/aromatic N) is 5. The predicted molar refractivity (Wildman–Crippen MR) is 144 cm³/mol. The van der Waals surface area contributed by atoms with E-state index in [-0.39, 0.29) is 207 Å². The summed E-state index contributed by atoms with van der Waals surface area (Å²) in [6.07, 6.45) is -9.34. The fraction of sp³-hybridized carbons (Fsp3) is 1.00. The quantitative estimate of drug-likeness (QED) is 0.0462. The van der Waals surface area contributed by atoms with Gasteiger partial charge in [-0.05, 0) is 0 Å². The molecule has 0 spiro atoms. The van der Waals surface area contributed by atoms with Crippen LogP contribution in [0.4, 0.5) is 0 Å². The van der Waals surface area contributed by atoms with Crippen molar-refractivity contribution in [1.82, 2.24) is 24.5 Å². The first kappa shape index (κ1) is 79.9. The van der Waals surface area contributed by atoms with Crippen LogP contribution in [0, 0.1) is 0 Å². The summed E-state index contributed by atoms with van der Waals surface area (Å²) in [5.74, 6) is 0. The summed E-state index contributed by atoms with van der Waals surface area (Å²) >= 11 is 0. The molecule has 0 bridgehead atoms. The molecule has 4 N–H and O–H groups in total. The Morgan fingerprint density at radius 3 is 0.545 bits per heavy atom. The van der Waals surface area contributed by atoms with E-state index in [1.165, 1.54) is 0 Å². The van der Waals surface area contributed by atoms with Crippen molar-refractivity contribution < 1.29 is 307 Å². The number of hydrogen-bond donors (Lipinski definition) is 4. The van der Waals surface area contributed by atoms with Crippen molar-refractivity contribution in [3.63, 3.8) is 0 Å². The molecule has 0 aromatic rings. The Balaban J connectivity index is -0.000000526. The fourth-order valence-electron chi connectivity index (χ4n) is 4.01. The van der Waals surface area contributed by atoms with E-state index >= 15 is 0 Å². The van der Waals surface area contributed by atoms with Crippen molar-refractivity contribution >= 4 is 53.2 Å². The van der Waals surface area contributed by atoms with Gasteiger partial charge in [0.25, 0.3) is 0 Å². The molecule has 0 aromatic heterocycles. The molecule has 0 rings (SSSR count). The Morgan fingerprint density at radius 2 is 0.400 bits per heavy atom. The van der Waals surface area contributed by atoms with E-state index in [1.54, 1.807) is 0 Å². The van der Waals surface area contributed by atoms with Crippen molar-refractivity contribution in [3.05, 3.63) is 0 Å². The van der Waals surface area contributed by atoms with Gasteiger partial charge in [0, 0.05) is 83.8 Å². The van der Waals surface area contributed by atoms with E-state index in [0.717, 1.165) is 14.7 Å². The van der Waals surface area contributed by atoms with Crippen LogP contribution in [0.15, 0.2) is 0 Å². The van der Waals surface area contributed by atoms with Crippen LogP contribution < -0.4 is 256 Å². The predicted octanol–water partition coefficient (Wildman–Crippen LogP) is -30.8. The van der Waals surface area contributed by atoms with Crippen molar-refractivity contribution in [2.45, 2.75) is 0 Å². The van der Waals surface area contributed by atoms with Gasteiger partial charge in [-0.1, -0.05) is 38.0 Å². The fourth-order valence-corrected chi connectivity index (χ4v) is 9.63. The monoisotopic (exact) mass is 998 g/mol. The minimum atomic E-state index is -5.44. The molecule has 0 fully saturated rings. The average molecular weight is 998 g/mol. The number of rotatable bonds is 26. The summed E-state index contributed by atoms with van der Waals surface area (Å²) < 4.78 is 79.4. The smallest absolute Gasteiger partial charge is 0.810 e. The second-order valence-electron chi connectivity index (χ2n) is 10.5. The average Bonchev–Trinajstić information content (AvgIpc) is 2.75. The molecule has 55 heavy (non-hydrogen) atoms. The van der Waals surface area contributed by atoms with Gasteiger partial charge in [-0.3, -0.25) is 33.6 Å². The largest absolute Gasteiger partial charge is 1.00 e. The van der Waals surface area contributed by atoms with Crippen LogP contribution in [-0.2, 0) is 32.0 Å². The van der Waals surface area contributed by atoms with Crippen molar-refractivity contribution in [1.29, 1.82) is 0 Å². The molecule has 0 aromatic carbocycles. The van der Waals surface area contributed by atoms with Crippen LogP contribution in [0.3, 0.4) is 0 Å². The van der Waals surface area contributed by atoms with E-state index < -0.39 is 150 Å². The Kier molecular flexibility index (Phi) is 52.2. The van der Waals surface area contributed by atoms with Gasteiger partial charge in [-0.15, -0.1) is 0 Å². The van der Waals surface area contributed by atoms with Gasteiger partial charge in [0.2, 0.25) is 0 Å². The van der Waals surface area contributed by atoms with Crippen LogP contribution >= 0.6 is 53.2 Å². The van der Waals surface area contributed by atoms with Gasteiger partial charge < -0.3 is 91.3 Å². The molecule has 0 heterocycles. The molecule has 0 aliphatic carbocycles. The van der Waals surface area contributed by atoms with E-state index in [9.17, 15) is 100 Å². The van der Waals surface area contributed by atoms with Crippen LogP contribution in [-0.4, -0.2) is 140 Å². The molecule has 0 aliphatic rings. The normalized spacial score (nSPS) is 12.9. The van der Waals surface area contributed by atoms with Crippen LogP contribution in [0.2, 0.25) is 0 Å². The SMILES string of the molecule is O=P([O-])([O-])CN(CCN(CCN(CP(=O)([O-])[O-])CP(=O)([O-])[O-])CP(=O)(O)O)CCN(CCN(CP(=O)([O-])[O-])CP(=O)([O-])[O-])CP(=O)(O)O.[Na+].[Na+].[Na+].[Na+].[Na+].[Na+].[Na+]. The molecule has 0 radical (unpaired) electrons. The van der Waals surface area contributed by atoms with E-state index in [4.69, 9.17) is 0 Å². The summed E-state index contributed by atoms with van der Waals surface area (Å²) in [6, 6.07) is 0. The van der Waals surface area contributed by atoms with E-state index in [0.29, 0.717) is 9.80 Å². The summed E-state index contributed by atoms with van der Waals surface area (Å²) in [6.45, 7) is -5.00. The van der Waals surface area contributed by atoms with Gasteiger partial charge in [0.1, 0.15) is 12.6 Å². The Bertz CT molecular complexity index is 1220. The van der Waals surface area contributed by atoms with Gasteiger partial charge >= 0.3 is 222 Å². The molecule has 0 unspecified atom stereocenters. The van der Waals surface area contributed by atoms with Gasteiger partial charge in [-0.2, -0.15) is 0 Å². The minimum Gasteiger partial charge on any atom is -0.810 e. The van der Waals surface area contributed by atoms with Crippen LogP contribution in [0.1, 0.15) is 0 Å². The van der Waals surface area contributed by atoms with Crippen molar-refractivity contribution in [3.8, 4) is 0 Å². The number of hydrogen-bond acceptors (Lipinski definition) is 22. The third kappa shape index (κ3) is 56.1.